The van der Waals surface area contributed by atoms with Crippen molar-refractivity contribution in [2.45, 2.75) is 91.3 Å². The van der Waals surface area contributed by atoms with Gasteiger partial charge < -0.3 is 0 Å². The fourth-order valence-electron chi connectivity index (χ4n) is 6.02. The lowest BCUT2D eigenvalue weighted by Gasteiger charge is -2.49. The van der Waals surface area contributed by atoms with Crippen molar-refractivity contribution in [2.24, 2.45) is 0 Å². The second kappa shape index (κ2) is 13.0. The van der Waals surface area contributed by atoms with Crippen LogP contribution in [0.2, 0.25) is 0 Å². The Morgan fingerprint density at radius 2 is 1.51 bits per heavy atom. The van der Waals surface area contributed by atoms with Crippen molar-refractivity contribution in [3.63, 3.8) is 0 Å². The Morgan fingerprint density at radius 1 is 0.800 bits per heavy atom. The summed E-state index contributed by atoms with van der Waals surface area (Å²) in [6.45, 7) is 15.9. The van der Waals surface area contributed by atoms with Crippen LogP contribution in [0.5, 0.6) is 0 Å². The van der Waals surface area contributed by atoms with Crippen LogP contribution in [-0.4, -0.2) is 58.8 Å². The summed E-state index contributed by atoms with van der Waals surface area (Å²) in [5, 5.41) is 8.12. The molecule has 4 heteroatoms. The van der Waals surface area contributed by atoms with E-state index in [0.717, 1.165) is 26.2 Å². The van der Waals surface area contributed by atoms with Gasteiger partial charge in [-0.2, -0.15) is 5.12 Å². The molecule has 2 heterocycles. The Kier molecular flexibility index (Phi) is 9.79. The van der Waals surface area contributed by atoms with Crippen LogP contribution in [-0.2, 0) is 6.54 Å². The van der Waals surface area contributed by atoms with Gasteiger partial charge in [0.2, 0.25) is 0 Å². The molecule has 0 N–H and O–H groups in total. The Morgan fingerprint density at radius 3 is 2.17 bits per heavy atom. The summed E-state index contributed by atoms with van der Waals surface area (Å²) in [7, 11) is 0. The van der Waals surface area contributed by atoms with Crippen LogP contribution in [0.3, 0.4) is 0 Å². The van der Waals surface area contributed by atoms with E-state index in [1.165, 1.54) is 80.3 Å². The summed E-state index contributed by atoms with van der Waals surface area (Å²) in [6.07, 6.45) is 9.09. The fraction of sp³-hybridized carbons (Fsp3) is 0.613. The van der Waals surface area contributed by atoms with Gasteiger partial charge in [0, 0.05) is 45.3 Å². The number of unbranched alkanes of at least 4 members (excludes halogenated alkanes) is 4. The van der Waals surface area contributed by atoms with Crippen LogP contribution < -0.4 is 0 Å². The number of aryl methyl sites for hydroxylation is 2. The van der Waals surface area contributed by atoms with Gasteiger partial charge in [0.1, 0.15) is 0 Å². The lowest BCUT2D eigenvalue weighted by atomic mass is 9.91. The van der Waals surface area contributed by atoms with Gasteiger partial charge in [-0.3, -0.25) is 4.90 Å². The van der Waals surface area contributed by atoms with Crippen molar-refractivity contribution >= 4 is 0 Å². The molecule has 4 nitrogen and oxygen atoms in total. The lowest BCUT2D eigenvalue weighted by molar-refractivity contribution is -0.191. The van der Waals surface area contributed by atoms with Gasteiger partial charge in [0.15, 0.2) is 0 Å². The SMILES string of the molecule is CCCCCN(CCCCC)N1CCC2C(c3ccc(C)c(C)c3)N(Cc3ccccc3)CCN21. The number of hydrogen-bond acceptors (Lipinski definition) is 4. The van der Waals surface area contributed by atoms with Crippen molar-refractivity contribution in [1.29, 1.82) is 0 Å². The van der Waals surface area contributed by atoms with Crippen molar-refractivity contribution in [1.82, 2.24) is 20.0 Å². The summed E-state index contributed by atoms with van der Waals surface area (Å²) >= 11 is 0. The van der Waals surface area contributed by atoms with E-state index in [2.05, 4.69) is 96.3 Å². The smallest absolute Gasteiger partial charge is 0.0522 e. The molecule has 2 aromatic rings. The third-order valence-electron chi connectivity index (χ3n) is 8.15. The largest absolute Gasteiger partial charge is 0.289 e. The van der Waals surface area contributed by atoms with Crippen LogP contribution in [0.1, 0.15) is 87.1 Å². The van der Waals surface area contributed by atoms with Crippen LogP contribution in [0.4, 0.5) is 0 Å². The molecule has 0 aromatic heterocycles. The van der Waals surface area contributed by atoms with Gasteiger partial charge in [-0.1, -0.05) is 88.1 Å². The van der Waals surface area contributed by atoms with Gasteiger partial charge in [0.25, 0.3) is 0 Å². The van der Waals surface area contributed by atoms with Gasteiger partial charge in [-0.05, 0) is 55.4 Å². The molecule has 0 aliphatic carbocycles. The zero-order chi connectivity index (χ0) is 24.6. The van der Waals surface area contributed by atoms with Gasteiger partial charge in [-0.15, -0.1) is 0 Å². The maximum absolute atomic E-state index is 2.75. The van der Waals surface area contributed by atoms with E-state index < -0.39 is 0 Å². The Hall–Kier alpha value is -1.72. The van der Waals surface area contributed by atoms with Crippen molar-refractivity contribution in [3.8, 4) is 0 Å². The maximum atomic E-state index is 2.75. The van der Waals surface area contributed by atoms with Gasteiger partial charge >= 0.3 is 0 Å². The first-order valence-corrected chi connectivity index (χ1v) is 14.3. The molecular formula is C31H48N4. The highest BCUT2D eigenvalue weighted by atomic mass is 15.9. The molecule has 0 bridgehead atoms. The molecule has 0 amide bonds. The number of hydrogen-bond donors (Lipinski definition) is 0. The Balaban J connectivity index is 1.57. The molecule has 4 rings (SSSR count). The molecule has 2 aliphatic rings. The predicted molar refractivity (Wildman–Crippen MR) is 148 cm³/mol. The number of fused-ring (bicyclic) bond motifs is 1. The van der Waals surface area contributed by atoms with Crippen LogP contribution in [0, 0.1) is 13.8 Å². The molecule has 2 fully saturated rings. The highest BCUT2D eigenvalue weighted by molar-refractivity contribution is 5.33. The highest BCUT2D eigenvalue weighted by Crippen LogP contribution is 2.39. The normalized spacial score (nSPS) is 21.6. The topological polar surface area (TPSA) is 13.0 Å². The Labute approximate surface area is 214 Å². The second-order valence-corrected chi connectivity index (χ2v) is 10.7. The van der Waals surface area contributed by atoms with E-state index >= 15 is 0 Å². The van der Waals surface area contributed by atoms with E-state index in [4.69, 9.17) is 0 Å². The summed E-state index contributed by atoms with van der Waals surface area (Å²) in [5.41, 5.74) is 5.71. The van der Waals surface area contributed by atoms with Crippen LogP contribution in [0.25, 0.3) is 0 Å². The molecule has 2 unspecified atom stereocenters. The molecule has 0 saturated carbocycles. The predicted octanol–water partition coefficient (Wildman–Crippen LogP) is 6.75. The minimum absolute atomic E-state index is 0.432. The number of hydrazine groups is 2. The molecule has 0 spiro atoms. The zero-order valence-electron chi connectivity index (χ0n) is 22.8. The minimum Gasteiger partial charge on any atom is -0.289 e. The van der Waals surface area contributed by atoms with E-state index in [9.17, 15) is 0 Å². The molecule has 192 valence electrons. The zero-order valence-corrected chi connectivity index (χ0v) is 22.8. The monoisotopic (exact) mass is 476 g/mol. The van der Waals surface area contributed by atoms with Crippen molar-refractivity contribution in [2.75, 3.05) is 32.7 Å². The lowest BCUT2D eigenvalue weighted by Crippen LogP contribution is -2.59. The van der Waals surface area contributed by atoms with E-state index in [0.29, 0.717) is 12.1 Å². The minimum atomic E-state index is 0.432. The number of benzene rings is 2. The van der Waals surface area contributed by atoms with E-state index in [-0.39, 0.29) is 0 Å². The molecule has 2 aliphatic heterocycles. The summed E-state index contributed by atoms with van der Waals surface area (Å²) < 4.78 is 0. The first-order chi connectivity index (χ1) is 17.1. The third kappa shape index (κ3) is 6.54. The van der Waals surface area contributed by atoms with Crippen molar-refractivity contribution < 1.29 is 0 Å². The average Bonchev–Trinajstić information content (AvgIpc) is 3.29. The summed E-state index contributed by atoms with van der Waals surface area (Å²) in [4.78, 5) is 2.75. The van der Waals surface area contributed by atoms with E-state index in [1.807, 2.05) is 0 Å². The standard InChI is InChI=1S/C31H48N4/c1-5-7-12-19-33(20-13-8-6-2)35-21-18-30-31(29-17-16-26(3)27(4)24-29)32(22-23-34(30)35)25-28-14-10-9-11-15-28/h9-11,14-17,24,30-31H,5-8,12-13,18-23,25H2,1-4H3. The molecular weight excluding hydrogens is 428 g/mol. The number of piperazine rings is 1. The van der Waals surface area contributed by atoms with Crippen LogP contribution in [0.15, 0.2) is 48.5 Å². The average molecular weight is 477 g/mol. The fourth-order valence-corrected chi connectivity index (χ4v) is 6.02. The molecule has 2 atom stereocenters. The summed E-state index contributed by atoms with van der Waals surface area (Å²) in [6, 6.07) is 19.2. The molecule has 35 heavy (non-hydrogen) atoms. The quantitative estimate of drug-likeness (QED) is 0.314. The number of rotatable bonds is 12. The first-order valence-electron chi connectivity index (χ1n) is 14.3. The number of nitrogens with zero attached hydrogens (tertiary/aromatic N) is 4. The Bertz CT molecular complexity index is 888. The molecule has 0 radical (unpaired) electrons. The third-order valence-corrected chi connectivity index (χ3v) is 8.15. The van der Waals surface area contributed by atoms with Gasteiger partial charge in [-0.25, -0.2) is 10.0 Å². The second-order valence-electron chi connectivity index (χ2n) is 10.7. The van der Waals surface area contributed by atoms with Gasteiger partial charge in [0.05, 0.1) is 6.04 Å². The maximum Gasteiger partial charge on any atom is 0.0522 e. The molecule has 2 saturated heterocycles. The van der Waals surface area contributed by atoms with E-state index in [1.54, 1.807) is 0 Å². The highest BCUT2D eigenvalue weighted by Gasteiger charge is 2.45. The summed E-state index contributed by atoms with van der Waals surface area (Å²) in [5.74, 6) is 0. The van der Waals surface area contributed by atoms with Crippen LogP contribution >= 0.6 is 0 Å². The van der Waals surface area contributed by atoms with Crippen molar-refractivity contribution in [3.05, 3.63) is 70.8 Å². The first kappa shape index (κ1) is 26.3. The molecule has 2 aromatic carbocycles.